The fourth-order valence-electron chi connectivity index (χ4n) is 3.01. The smallest absolute Gasteiger partial charge is 0.326 e. The highest BCUT2D eigenvalue weighted by atomic mass is 35.5. The first-order valence-electron chi connectivity index (χ1n) is 7.90. The number of carbonyl (C=O) groups excluding carboxylic acids is 2. The van der Waals surface area contributed by atoms with Crippen LogP contribution < -0.4 is 5.32 Å². The molecule has 0 saturated carbocycles. The van der Waals surface area contributed by atoms with Crippen LogP contribution in [0.3, 0.4) is 0 Å². The van der Waals surface area contributed by atoms with Crippen LogP contribution in [0.25, 0.3) is 0 Å². The van der Waals surface area contributed by atoms with Gasteiger partial charge < -0.3 is 15.3 Å². The Morgan fingerprint density at radius 2 is 2.08 bits per heavy atom. The largest absolute Gasteiger partial charge is 0.480 e. The number of piperidine rings is 1. The number of rotatable bonds is 5. The monoisotopic (exact) mass is 352 g/mol. The van der Waals surface area contributed by atoms with Crippen molar-refractivity contribution in [2.75, 3.05) is 13.6 Å². The first-order chi connectivity index (χ1) is 11.4. The van der Waals surface area contributed by atoms with Crippen molar-refractivity contribution in [1.82, 2.24) is 10.2 Å². The second kappa shape index (κ2) is 8.15. The molecule has 1 heterocycles. The number of amides is 2. The van der Waals surface area contributed by atoms with E-state index in [2.05, 4.69) is 5.32 Å². The van der Waals surface area contributed by atoms with Gasteiger partial charge in [0, 0.05) is 25.0 Å². The van der Waals surface area contributed by atoms with E-state index < -0.39 is 12.0 Å². The van der Waals surface area contributed by atoms with Crippen molar-refractivity contribution in [1.29, 1.82) is 0 Å². The van der Waals surface area contributed by atoms with E-state index >= 15 is 0 Å². The number of hydrogen-bond donors (Lipinski definition) is 2. The summed E-state index contributed by atoms with van der Waals surface area (Å²) in [4.78, 5) is 37.1. The van der Waals surface area contributed by atoms with Gasteiger partial charge in [-0.2, -0.15) is 0 Å². The predicted molar refractivity (Wildman–Crippen MR) is 89.7 cm³/mol. The molecule has 2 rings (SSSR count). The summed E-state index contributed by atoms with van der Waals surface area (Å²) in [5, 5.41) is 12.5. The molecule has 1 aliphatic heterocycles. The number of aryl methyl sites for hydroxylation is 1. The lowest BCUT2D eigenvalue weighted by molar-refractivity contribution is -0.154. The molecule has 0 unspecified atom stereocenters. The Hall–Kier alpha value is -2.08. The van der Waals surface area contributed by atoms with E-state index in [9.17, 15) is 19.5 Å². The normalized spacial score (nSPS) is 20.5. The number of likely N-dealkylation sites (tertiary alicyclic amines) is 1. The second-order valence-electron chi connectivity index (χ2n) is 5.92. The highest BCUT2D eigenvalue weighted by Gasteiger charge is 2.37. The van der Waals surface area contributed by atoms with E-state index in [0.29, 0.717) is 17.9 Å². The second-order valence-corrected chi connectivity index (χ2v) is 6.36. The van der Waals surface area contributed by atoms with Gasteiger partial charge in [0.2, 0.25) is 11.8 Å². The van der Waals surface area contributed by atoms with E-state index in [1.54, 1.807) is 12.1 Å². The third-order valence-electron chi connectivity index (χ3n) is 4.32. The molecule has 0 bridgehead atoms. The van der Waals surface area contributed by atoms with Gasteiger partial charge in [0.25, 0.3) is 0 Å². The maximum atomic E-state index is 12.5. The van der Waals surface area contributed by atoms with Crippen LogP contribution in [0.15, 0.2) is 24.3 Å². The molecule has 1 aromatic rings. The molecule has 2 N–H and O–H groups in total. The topological polar surface area (TPSA) is 86.7 Å². The van der Waals surface area contributed by atoms with Crippen molar-refractivity contribution in [3.05, 3.63) is 34.9 Å². The van der Waals surface area contributed by atoms with Gasteiger partial charge in [0.15, 0.2) is 0 Å². The fourth-order valence-corrected chi connectivity index (χ4v) is 3.22. The van der Waals surface area contributed by atoms with E-state index in [0.717, 1.165) is 5.56 Å². The van der Waals surface area contributed by atoms with Crippen molar-refractivity contribution in [2.24, 2.45) is 5.92 Å². The molecule has 0 aliphatic carbocycles. The quantitative estimate of drug-likeness (QED) is 0.844. The van der Waals surface area contributed by atoms with E-state index in [-0.39, 0.29) is 37.1 Å². The molecule has 1 aliphatic rings. The standard InChI is InChI=1S/C17H21ClN2O4/c1-19-16(22)12-6-7-14(17(23)24)20(10-12)15(21)8-5-11-3-2-4-13(18)9-11/h2-4,9,12,14H,5-8,10H2,1H3,(H,19,22)(H,23,24)/t12-,14-/m0/s1. The van der Waals surface area contributed by atoms with Gasteiger partial charge in [-0.25, -0.2) is 4.79 Å². The Bertz CT molecular complexity index is 635. The molecule has 1 aromatic carbocycles. The molecule has 1 fully saturated rings. The van der Waals surface area contributed by atoms with Crippen molar-refractivity contribution in [3.63, 3.8) is 0 Å². The molecule has 2 atom stereocenters. The summed E-state index contributed by atoms with van der Waals surface area (Å²) in [6.07, 6.45) is 1.42. The Balaban J connectivity index is 2.04. The lowest BCUT2D eigenvalue weighted by Crippen LogP contribution is -2.53. The summed E-state index contributed by atoms with van der Waals surface area (Å²) in [6, 6.07) is 6.36. The van der Waals surface area contributed by atoms with Gasteiger partial charge in [0.05, 0.1) is 5.92 Å². The first-order valence-corrected chi connectivity index (χ1v) is 8.28. The molecule has 6 nitrogen and oxygen atoms in total. The number of carboxylic acid groups (broad SMARTS) is 1. The van der Waals surface area contributed by atoms with Crippen LogP contribution >= 0.6 is 11.6 Å². The average molecular weight is 353 g/mol. The number of hydrogen-bond acceptors (Lipinski definition) is 3. The number of carboxylic acids is 1. The van der Waals surface area contributed by atoms with E-state index in [4.69, 9.17) is 11.6 Å². The lowest BCUT2D eigenvalue weighted by atomic mass is 9.91. The molecular weight excluding hydrogens is 332 g/mol. The Labute approximate surface area is 145 Å². The number of aliphatic carboxylic acids is 1. The Morgan fingerprint density at radius 1 is 1.33 bits per heavy atom. The zero-order valence-corrected chi connectivity index (χ0v) is 14.3. The number of benzene rings is 1. The van der Waals surface area contributed by atoms with E-state index in [1.807, 2.05) is 12.1 Å². The van der Waals surface area contributed by atoms with Crippen molar-refractivity contribution in [2.45, 2.75) is 31.7 Å². The predicted octanol–water partition coefficient (Wildman–Crippen LogP) is 1.71. The minimum Gasteiger partial charge on any atom is -0.480 e. The number of carbonyl (C=O) groups is 3. The molecule has 24 heavy (non-hydrogen) atoms. The summed E-state index contributed by atoms with van der Waals surface area (Å²) in [5.41, 5.74) is 0.919. The average Bonchev–Trinajstić information content (AvgIpc) is 2.58. The molecule has 0 aromatic heterocycles. The zero-order chi connectivity index (χ0) is 17.7. The fraction of sp³-hybridized carbons (Fsp3) is 0.471. The maximum Gasteiger partial charge on any atom is 0.326 e. The van der Waals surface area contributed by atoms with Crippen molar-refractivity contribution >= 4 is 29.4 Å². The van der Waals surface area contributed by atoms with Gasteiger partial charge in [-0.05, 0) is 37.0 Å². The summed E-state index contributed by atoms with van der Waals surface area (Å²) >= 11 is 5.93. The molecule has 1 saturated heterocycles. The van der Waals surface area contributed by atoms with E-state index in [1.165, 1.54) is 11.9 Å². The zero-order valence-electron chi connectivity index (χ0n) is 13.5. The molecular formula is C17H21ClN2O4. The van der Waals surface area contributed by atoms with Crippen LogP contribution in [0.2, 0.25) is 5.02 Å². The summed E-state index contributed by atoms with van der Waals surface area (Å²) in [7, 11) is 1.54. The number of nitrogens with one attached hydrogen (secondary N) is 1. The minimum absolute atomic E-state index is 0.144. The van der Waals surface area contributed by atoms with Gasteiger partial charge in [-0.1, -0.05) is 23.7 Å². The highest BCUT2D eigenvalue weighted by molar-refractivity contribution is 6.30. The van der Waals surface area contributed by atoms with Crippen molar-refractivity contribution < 1.29 is 19.5 Å². The SMILES string of the molecule is CNC(=O)[C@H]1CC[C@@H](C(=O)O)N(C(=O)CCc2cccc(Cl)c2)C1. The third kappa shape index (κ3) is 4.47. The Kier molecular flexibility index (Phi) is 6.20. The molecule has 130 valence electrons. The van der Waals surface area contributed by atoms with Gasteiger partial charge in [-0.3, -0.25) is 9.59 Å². The Morgan fingerprint density at radius 3 is 2.71 bits per heavy atom. The summed E-state index contributed by atoms with van der Waals surface area (Å²) < 4.78 is 0. The van der Waals surface area contributed by atoms with Crippen LogP contribution in [-0.2, 0) is 20.8 Å². The minimum atomic E-state index is -1.03. The third-order valence-corrected chi connectivity index (χ3v) is 4.56. The summed E-state index contributed by atoms with van der Waals surface area (Å²) in [5.74, 6) is -1.80. The van der Waals surface area contributed by atoms with Crippen LogP contribution in [0, 0.1) is 5.92 Å². The number of halogens is 1. The van der Waals surface area contributed by atoms with Gasteiger partial charge >= 0.3 is 5.97 Å². The van der Waals surface area contributed by atoms with Crippen molar-refractivity contribution in [3.8, 4) is 0 Å². The van der Waals surface area contributed by atoms with Crippen LogP contribution in [0.1, 0.15) is 24.8 Å². The molecule has 0 radical (unpaired) electrons. The molecule has 2 amide bonds. The van der Waals surface area contributed by atoms with Crippen LogP contribution in [0.4, 0.5) is 0 Å². The van der Waals surface area contributed by atoms with Crippen LogP contribution in [-0.4, -0.2) is 47.4 Å². The lowest BCUT2D eigenvalue weighted by Gasteiger charge is -2.36. The maximum absolute atomic E-state index is 12.5. The summed E-state index contributed by atoms with van der Waals surface area (Å²) in [6.45, 7) is 0.144. The van der Waals surface area contributed by atoms with Crippen LogP contribution in [0.5, 0.6) is 0 Å². The molecule has 7 heteroatoms. The van der Waals surface area contributed by atoms with Gasteiger partial charge in [-0.15, -0.1) is 0 Å². The van der Waals surface area contributed by atoms with Gasteiger partial charge in [0.1, 0.15) is 6.04 Å². The highest BCUT2D eigenvalue weighted by Crippen LogP contribution is 2.24. The molecule has 0 spiro atoms. The first kappa shape index (κ1) is 18.3. The number of nitrogens with zero attached hydrogens (tertiary/aromatic N) is 1.